The van der Waals surface area contributed by atoms with E-state index in [-0.39, 0.29) is 10.7 Å². The minimum Gasteiger partial charge on any atom is -0.320 e. The van der Waals surface area contributed by atoms with Gasteiger partial charge in [-0.25, -0.2) is 13.6 Å². The molecule has 2 N–H and O–H groups in total. The Bertz CT molecular complexity index is 791. The predicted octanol–water partition coefficient (Wildman–Crippen LogP) is 1.64. The second-order valence-electron chi connectivity index (χ2n) is 4.87. The molecule has 6 heteroatoms. The number of benzene rings is 1. The van der Waals surface area contributed by atoms with Crippen LogP contribution in [-0.2, 0) is 16.4 Å². The molecule has 5 nitrogen and oxygen atoms in total. The number of hydrogen-bond acceptors (Lipinski definition) is 3. The highest BCUT2D eigenvalue weighted by atomic mass is 32.2. The van der Waals surface area contributed by atoms with Crippen LogP contribution in [0.3, 0.4) is 0 Å². The van der Waals surface area contributed by atoms with Crippen LogP contribution in [0.2, 0.25) is 0 Å². The summed E-state index contributed by atoms with van der Waals surface area (Å²) < 4.78 is 24.7. The number of fused-ring (bicyclic) bond motifs is 1. The zero-order chi connectivity index (χ0) is 14.3. The maximum absolute atomic E-state index is 11.8. The number of primary sulfonamides is 1. The molecule has 0 fully saturated rings. The highest BCUT2D eigenvalue weighted by molar-refractivity contribution is 7.89. The zero-order valence-corrected chi connectivity index (χ0v) is 11.6. The number of aromatic nitrogens is 1. The van der Waals surface area contributed by atoms with Crippen LogP contribution in [-0.4, -0.2) is 18.8 Å². The zero-order valence-electron chi connectivity index (χ0n) is 10.7. The van der Waals surface area contributed by atoms with E-state index in [2.05, 4.69) is 0 Å². The quantitative estimate of drug-likeness (QED) is 0.912. The summed E-state index contributed by atoms with van der Waals surface area (Å²) in [6.45, 7) is 0. The predicted molar refractivity (Wildman–Crippen MR) is 74.4 cm³/mol. The molecule has 2 aromatic rings. The standard InChI is InChI=1S/C14H14N2O3S/c15-20(18,19)11-4-1-3-10(9-11)16-8-7-12-13(16)5-2-6-14(12)17/h1,3-4,7-9H,2,5-6H2,(H2,15,18,19). The van der Waals surface area contributed by atoms with Crippen molar-refractivity contribution in [1.82, 2.24) is 4.57 Å². The Morgan fingerprint density at radius 2 is 1.95 bits per heavy atom. The van der Waals surface area contributed by atoms with E-state index < -0.39 is 10.0 Å². The Morgan fingerprint density at radius 3 is 2.70 bits per heavy atom. The molecule has 0 saturated carbocycles. The van der Waals surface area contributed by atoms with E-state index in [0.717, 1.165) is 24.1 Å². The average molecular weight is 290 g/mol. The average Bonchev–Trinajstić information content (AvgIpc) is 2.83. The molecule has 0 bridgehead atoms. The molecule has 0 radical (unpaired) electrons. The molecule has 0 saturated heterocycles. The first-order valence-corrected chi connectivity index (χ1v) is 7.88. The SMILES string of the molecule is NS(=O)(=O)c1cccc(-n2ccc3c2CCCC3=O)c1. The molecule has 1 aromatic heterocycles. The molecule has 0 unspecified atom stereocenters. The van der Waals surface area contributed by atoms with E-state index in [0.29, 0.717) is 12.1 Å². The number of rotatable bonds is 2. The van der Waals surface area contributed by atoms with Crippen molar-refractivity contribution in [3.63, 3.8) is 0 Å². The van der Waals surface area contributed by atoms with Crippen molar-refractivity contribution >= 4 is 15.8 Å². The molecular formula is C14H14N2O3S. The van der Waals surface area contributed by atoms with Gasteiger partial charge in [-0.2, -0.15) is 0 Å². The first-order chi connectivity index (χ1) is 9.47. The van der Waals surface area contributed by atoms with Crippen LogP contribution in [0.1, 0.15) is 28.9 Å². The number of hydrogen-bond donors (Lipinski definition) is 1. The maximum Gasteiger partial charge on any atom is 0.238 e. The van der Waals surface area contributed by atoms with Gasteiger partial charge in [-0.15, -0.1) is 0 Å². The molecule has 104 valence electrons. The van der Waals surface area contributed by atoms with Gasteiger partial charge in [-0.1, -0.05) is 6.07 Å². The summed E-state index contributed by atoms with van der Waals surface area (Å²) in [5.74, 6) is 0.146. The monoisotopic (exact) mass is 290 g/mol. The summed E-state index contributed by atoms with van der Waals surface area (Å²) in [7, 11) is -3.73. The number of nitrogens with two attached hydrogens (primary N) is 1. The molecule has 0 atom stereocenters. The molecule has 1 aliphatic rings. The number of nitrogens with zero attached hydrogens (tertiary/aromatic N) is 1. The summed E-state index contributed by atoms with van der Waals surface area (Å²) >= 11 is 0. The van der Waals surface area contributed by atoms with E-state index in [4.69, 9.17) is 5.14 Å². The maximum atomic E-state index is 11.8. The Labute approximate surface area is 117 Å². The molecule has 0 aliphatic heterocycles. The molecule has 0 spiro atoms. The highest BCUT2D eigenvalue weighted by Gasteiger charge is 2.21. The highest BCUT2D eigenvalue weighted by Crippen LogP contribution is 2.26. The lowest BCUT2D eigenvalue weighted by atomic mass is 9.97. The molecule has 0 amide bonds. The Balaban J connectivity index is 2.13. The van der Waals surface area contributed by atoms with Crippen LogP contribution in [0.4, 0.5) is 0 Å². The summed E-state index contributed by atoms with van der Waals surface area (Å²) in [6, 6.07) is 8.22. The van der Waals surface area contributed by atoms with Crippen molar-refractivity contribution in [3.8, 4) is 5.69 Å². The lowest BCUT2D eigenvalue weighted by molar-refractivity contribution is 0.0972. The minimum absolute atomic E-state index is 0.0691. The van der Waals surface area contributed by atoms with Crippen LogP contribution in [0, 0.1) is 0 Å². The third-order valence-electron chi connectivity index (χ3n) is 3.53. The van der Waals surface area contributed by atoms with Crippen LogP contribution < -0.4 is 5.14 Å². The van der Waals surface area contributed by atoms with Crippen molar-refractivity contribution in [2.45, 2.75) is 24.2 Å². The van der Waals surface area contributed by atoms with Gasteiger partial charge >= 0.3 is 0 Å². The van der Waals surface area contributed by atoms with Gasteiger partial charge in [-0.05, 0) is 37.1 Å². The first kappa shape index (κ1) is 13.1. The van der Waals surface area contributed by atoms with Crippen molar-refractivity contribution in [1.29, 1.82) is 0 Å². The van der Waals surface area contributed by atoms with Gasteiger partial charge in [0, 0.05) is 29.6 Å². The summed E-state index contributed by atoms with van der Waals surface area (Å²) in [5.41, 5.74) is 2.37. The van der Waals surface area contributed by atoms with Crippen LogP contribution >= 0.6 is 0 Å². The van der Waals surface area contributed by atoms with Gasteiger partial charge in [0.25, 0.3) is 0 Å². The molecule has 3 rings (SSSR count). The summed E-state index contributed by atoms with van der Waals surface area (Å²) in [4.78, 5) is 11.9. The number of carbonyl (C=O) groups is 1. The molecule has 1 aliphatic carbocycles. The van der Waals surface area contributed by atoms with Gasteiger partial charge < -0.3 is 4.57 Å². The van der Waals surface area contributed by atoms with Gasteiger partial charge in [0.05, 0.1) is 4.90 Å². The Morgan fingerprint density at radius 1 is 1.15 bits per heavy atom. The van der Waals surface area contributed by atoms with Gasteiger partial charge in [0.2, 0.25) is 10.0 Å². The molecule has 1 heterocycles. The number of Topliss-reactive ketones (excluding diaryl/α,β-unsaturated/α-hetero) is 1. The largest absolute Gasteiger partial charge is 0.320 e. The molecular weight excluding hydrogens is 276 g/mol. The molecule has 20 heavy (non-hydrogen) atoms. The Hall–Kier alpha value is -1.92. The van der Waals surface area contributed by atoms with Gasteiger partial charge in [0.1, 0.15) is 0 Å². The van der Waals surface area contributed by atoms with Crippen LogP contribution in [0.15, 0.2) is 41.4 Å². The van der Waals surface area contributed by atoms with E-state index >= 15 is 0 Å². The smallest absolute Gasteiger partial charge is 0.238 e. The van der Waals surface area contributed by atoms with Gasteiger partial charge in [0.15, 0.2) is 5.78 Å². The fourth-order valence-electron chi connectivity index (χ4n) is 2.58. The normalized spacial score (nSPS) is 15.2. The Kier molecular flexibility index (Phi) is 2.99. The van der Waals surface area contributed by atoms with Crippen molar-refractivity contribution in [2.75, 3.05) is 0 Å². The van der Waals surface area contributed by atoms with E-state index in [1.54, 1.807) is 24.4 Å². The van der Waals surface area contributed by atoms with Crippen molar-refractivity contribution in [2.24, 2.45) is 5.14 Å². The van der Waals surface area contributed by atoms with E-state index in [1.165, 1.54) is 12.1 Å². The van der Waals surface area contributed by atoms with Crippen molar-refractivity contribution in [3.05, 3.63) is 47.8 Å². The third kappa shape index (κ3) is 2.17. The second-order valence-corrected chi connectivity index (χ2v) is 6.43. The van der Waals surface area contributed by atoms with Crippen molar-refractivity contribution < 1.29 is 13.2 Å². The summed E-state index contributed by atoms with van der Waals surface area (Å²) in [6.07, 6.45) is 4.02. The fourth-order valence-corrected chi connectivity index (χ4v) is 3.13. The number of carbonyl (C=O) groups excluding carboxylic acids is 1. The van der Waals surface area contributed by atoms with Crippen LogP contribution in [0.25, 0.3) is 5.69 Å². The lowest BCUT2D eigenvalue weighted by Gasteiger charge is -2.15. The van der Waals surface area contributed by atoms with Gasteiger partial charge in [-0.3, -0.25) is 4.79 Å². The van der Waals surface area contributed by atoms with E-state index in [1.807, 2.05) is 4.57 Å². The number of sulfonamides is 1. The summed E-state index contributed by atoms with van der Waals surface area (Å²) in [5, 5.41) is 5.15. The lowest BCUT2D eigenvalue weighted by Crippen LogP contribution is -2.14. The number of ketones is 1. The van der Waals surface area contributed by atoms with Crippen LogP contribution in [0.5, 0.6) is 0 Å². The fraction of sp³-hybridized carbons (Fsp3) is 0.214. The topological polar surface area (TPSA) is 82.2 Å². The first-order valence-electron chi connectivity index (χ1n) is 6.33. The second kappa shape index (κ2) is 4.57. The molecule has 1 aromatic carbocycles. The minimum atomic E-state index is -3.73. The van der Waals surface area contributed by atoms with E-state index in [9.17, 15) is 13.2 Å². The third-order valence-corrected chi connectivity index (χ3v) is 4.45.